The first kappa shape index (κ1) is 46.1. The van der Waals surface area contributed by atoms with Gasteiger partial charge in [0.05, 0.1) is 30.5 Å². The van der Waals surface area contributed by atoms with Crippen LogP contribution in [-0.2, 0) is 39.2 Å². The number of hydrogen-bond donors (Lipinski definition) is 2. The summed E-state index contributed by atoms with van der Waals surface area (Å²) in [6, 6.07) is 22.3. The minimum atomic E-state index is -3.42. The van der Waals surface area contributed by atoms with E-state index in [1.54, 1.807) is 6.92 Å². The second kappa shape index (κ2) is 23.0. The summed E-state index contributed by atoms with van der Waals surface area (Å²) in [7, 11) is -3.42. The Balaban J connectivity index is 0.0000101. The molecule has 0 saturated carbocycles. The highest BCUT2D eigenvalue weighted by molar-refractivity contribution is 7.59. The first-order valence-electron chi connectivity index (χ1n) is 18.1. The molecule has 2 unspecified atom stereocenters. The molecule has 0 aliphatic heterocycles. The normalized spacial score (nSPS) is 13.2. The minimum absolute atomic E-state index is 0. The lowest BCUT2D eigenvalue weighted by molar-refractivity contribution is -0.154. The van der Waals surface area contributed by atoms with Gasteiger partial charge in [-0.05, 0) is 73.4 Å². The molecule has 3 rings (SSSR count). The van der Waals surface area contributed by atoms with E-state index in [4.69, 9.17) is 23.3 Å². The third-order valence-corrected chi connectivity index (χ3v) is 9.32. The summed E-state index contributed by atoms with van der Waals surface area (Å²) in [5.74, 6) is -0.0333. The molecule has 2 N–H and O–H groups in total. The number of amides is 2. The summed E-state index contributed by atoms with van der Waals surface area (Å²) in [4.78, 5) is 40.5. The van der Waals surface area contributed by atoms with Crippen LogP contribution in [0.25, 0.3) is 0 Å². The number of rotatable bonds is 20. The molecule has 54 heavy (non-hydrogen) atoms. The third kappa shape index (κ3) is 17.0. The summed E-state index contributed by atoms with van der Waals surface area (Å²) >= 11 is 0. The molecule has 0 saturated heterocycles. The summed E-state index contributed by atoms with van der Waals surface area (Å²) in [5, 5.41) is 5.96. The first-order chi connectivity index (χ1) is 25.1. The quantitative estimate of drug-likeness (QED) is 0.0646. The van der Waals surface area contributed by atoms with E-state index in [1.807, 2.05) is 86.6 Å². The van der Waals surface area contributed by atoms with Gasteiger partial charge in [0.2, 0.25) is 6.79 Å². The van der Waals surface area contributed by atoms with E-state index in [2.05, 4.69) is 43.2 Å². The highest BCUT2D eigenvalue weighted by Crippen LogP contribution is 2.46. The number of urea groups is 1. The third-order valence-electron chi connectivity index (χ3n) is 7.98. The molecule has 0 spiro atoms. The molecule has 0 heterocycles. The van der Waals surface area contributed by atoms with Gasteiger partial charge in [0.25, 0.3) is 0 Å². The molecule has 12 nitrogen and oxygen atoms in total. The van der Waals surface area contributed by atoms with Crippen LogP contribution in [0.3, 0.4) is 0 Å². The molecule has 2 amide bonds. The summed E-state index contributed by atoms with van der Waals surface area (Å²) in [6.07, 6.45) is -1.18. The van der Waals surface area contributed by atoms with E-state index in [1.165, 1.54) is 6.66 Å². The molecule has 14 heteroatoms. The number of nitrogens with one attached hydrogen (secondary N) is 2. The summed E-state index contributed by atoms with van der Waals surface area (Å²) in [6.45, 7) is 16.3. The molecule has 0 aliphatic carbocycles. The second-order valence-electron chi connectivity index (χ2n) is 14.0. The van der Waals surface area contributed by atoms with Gasteiger partial charge in [-0.3, -0.25) is 9.36 Å². The number of ether oxygens (including phenoxy) is 3. The fourth-order valence-corrected chi connectivity index (χ4v) is 6.70. The summed E-state index contributed by atoms with van der Waals surface area (Å²) in [5.41, 5.74) is 4.97. The molecule has 0 aromatic heterocycles. The van der Waals surface area contributed by atoms with Gasteiger partial charge in [-0.25, -0.2) is 9.59 Å². The lowest BCUT2D eigenvalue weighted by Crippen LogP contribution is -2.32. The molecule has 3 aromatic rings. The van der Waals surface area contributed by atoms with Crippen LogP contribution >= 0.6 is 21.1 Å². The van der Waals surface area contributed by atoms with E-state index in [0.29, 0.717) is 29.6 Å². The largest absolute Gasteiger partial charge is 0.511 e. The number of carbonyl (C=O) groups excluding carboxylic acids is 3. The molecule has 298 valence electrons. The Bertz CT molecular complexity index is 1650. The molecule has 0 aliphatic rings. The SMILES string of the molecule is CC[C@@H](CC(=O)OCOC(=O)OCC(C)OP(C)(=O)OCc1ccccc1)c1ccc(N(CC(C)C)CC(C)C)c(NC(=O)Nc2ccc(C)cc2)c1.S. The molecular formula is C40H58N3O9PS. The van der Waals surface area contributed by atoms with Gasteiger partial charge in [0.15, 0.2) is 0 Å². The van der Waals surface area contributed by atoms with Gasteiger partial charge in [0, 0.05) is 25.4 Å². The van der Waals surface area contributed by atoms with Gasteiger partial charge in [-0.2, -0.15) is 13.5 Å². The van der Waals surface area contributed by atoms with Crippen molar-refractivity contribution in [2.24, 2.45) is 11.8 Å². The maximum absolute atomic E-state index is 13.2. The van der Waals surface area contributed by atoms with Crippen molar-refractivity contribution in [1.29, 1.82) is 0 Å². The molecule has 3 aromatic carbocycles. The highest BCUT2D eigenvalue weighted by atomic mass is 32.1. The van der Waals surface area contributed by atoms with Gasteiger partial charge in [-0.15, -0.1) is 0 Å². The Hall–Kier alpha value is -4.03. The number of esters is 1. The molecule has 0 fully saturated rings. The Labute approximate surface area is 327 Å². The van der Waals surface area contributed by atoms with E-state index >= 15 is 0 Å². The maximum atomic E-state index is 13.2. The number of nitrogens with zero attached hydrogens (tertiary/aromatic N) is 1. The smallest absolute Gasteiger partial charge is 0.431 e. The predicted octanol–water partition coefficient (Wildman–Crippen LogP) is 9.85. The van der Waals surface area contributed by atoms with Gasteiger partial charge < -0.3 is 38.8 Å². The average molecular weight is 788 g/mol. The molecule has 0 bridgehead atoms. The Morgan fingerprint density at radius 3 is 2.09 bits per heavy atom. The standard InChI is InChI=1S/C40H56N3O9P.H2S/c1-9-33(22-38(44)49-27-50-40(46)48-25-31(7)52-53(8,47)51-26-32-13-11-10-12-14-32)34-17-20-37(43(23-28(2)3)24-29(4)5)36(21-34)42-39(45)41-35-18-15-30(6)16-19-35;/h10-21,28-29,31,33H,9,22-27H2,1-8H3,(H2,41,42,45);1H2/t31?,33-,53?;/m0./s1. The molecular weight excluding hydrogens is 729 g/mol. The zero-order valence-corrected chi connectivity index (χ0v) is 34.7. The van der Waals surface area contributed by atoms with E-state index in [9.17, 15) is 18.9 Å². The van der Waals surface area contributed by atoms with Crippen molar-refractivity contribution >= 4 is 56.3 Å². The fourth-order valence-electron chi connectivity index (χ4n) is 5.54. The minimum Gasteiger partial charge on any atom is -0.431 e. The van der Waals surface area contributed by atoms with Crippen LogP contribution in [0.1, 0.15) is 77.0 Å². The maximum Gasteiger partial charge on any atom is 0.511 e. The van der Waals surface area contributed by atoms with Crippen LogP contribution < -0.4 is 15.5 Å². The predicted molar refractivity (Wildman–Crippen MR) is 219 cm³/mol. The van der Waals surface area contributed by atoms with Gasteiger partial charge in [0.1, 0.15) is 6.61 Å². The van der Waals surface area contributed by atoms with E-state index in [0.717, 1.165) is 35.5 Å². The Morgan fingerprint density at radius 1 is 0.833 bits per heavy atom. The van der Waals surface area contributed by atoms with Crippen molar-refractivity contribution in [3.63, 3.8) is 0 Å². The zero-order chi connectivity index (χ0) is 39.0. The highest BCUT2D eigenvalue weighted by Gasteiger charge is 2.24. The number of hydrogen-bond acceptors (Lipinski definition) is 10. The van der Waals surface area contributed by atoms with Crippen LogP contribution in [0.15, 0.2) is 72.8 Å². The van der Waals surface area contributed by atoms with Crippen LogP contribution in [0, 0.1) is 18.8 Å². The number of carbonyl (C=O) groups is 3. The lowest BCUT2D eigenvalue weighted by atomic mass is 9.92. The van der Waals surface area contributed by atoms with Crippen molar-refractivity contribution in [2.75, 3.05) is 48.7 Å². The summed E-state index contributed by atoms with van der Waals surface area (Å²) < 4.78 is 38.7. The Morgan fingerprint density at radius 2 is 1.48 bits per heavy atom. The van der Waals surface area contributed by atoms with Crippen molar-refractivity contribution in [2.45, 2.75) is 79.9 Å². The van der Waals surface area contributed by atoms with Crippen LogP contribution in [0.2, 0.25) is 0 Å². The number of benzene rings is 3. The fraction of sp³-hybridized carbons (Fsp3) is 0.475. The second-order valence-corrected chi connectivity index (χ2v) is 16.0. The molecule has 0 radical (unpaired) electrons. The van der Waals surface area contributed by atoms with Crippen LogP contribution in [-0.4, -0.2) is 57.4 Å². The van der Waals surface area contributed by atoms with Crippen molar-refractivity contribution in [3.05, 3.63) is 89.5 Å². The number of anilines is 3. The van der Waals surface area contributed by atoms with E-state index < -0.39 is 32.6 Å². The zero-order valence-electron chi connectivity index (χ0n) is 32.8. The van der Waals surface area contributed by atoms with Crippen LogP contribution in [0.4, 0.5) is 26.7 Å². The topological polar surface area (TPSA) is 142 Å². The van der Waals surface area contributed by atoms with Gasteiger partial charge >= 0.3 is 25.8 Å². The van der Waals surface area contributed by atoms with Crippen molar-refractivity contribution in [1.82, 2.24) is 0 Å². The lowest BCUT2D eigenvalue weighted by Gasteiger charge is -2.31. The average Bonchev–Trinajstić information content (AvgIpc) is 3.09. The number of aryl methyl sites for hydroxylation is 1. The van der Waals surface area contributed by atoms with Crippen LogP contribution in [0.5, 0.6) is 0 Å². The van der Waals surface area contributed by atoms with Crippen molar-refractivity contribution < 1.29 is 42.2 Å². The van der Waals surface area contributed by atoms with Crippen molar-refractivity contribution in [3.8, 4) is 0 Å². The first-order valence-corrected chi connectivity index (χ1v) is 20.1. The van der Waals surface area contributed by atoms with Gasteiger partial charge in [-0.1, -0.05) is 88.7 Å². The molecule has 3 atom stereocenters. The Kier molecular flexibility index (Phi) is 19.7. The van der Waals surface area contributed by atoms with E-state index in [-0.39, 0.29) is 45.1 Å². The monoisotopic (exact) mass is 787 g/mol.